The van der Waals surface area contributed by atoms with Crippen LogP contribution in [0.15, 0.2) is 261 Å². The van der Waals surface area contributed by atoms with Crippen molar-refractivity contribution in [2.75, 3.05) is 4.90 Å². The number of rotatable bonds is 8. The maximum Gasteiger partial charge on any atom is 0.0641 e. The van der Waals surface area contributed by atoms with Crippen molar-refractivity contribution >= 4 is 71.4 Å². The first-order valence-electron chi connectivity index (χ1n) is 23.0. The van der Waals surface area contributed by atoms with Crippen molar-refractivity contribution in [2.24, 2.45) is 0 Å². The van der Waals surface area contributed by atoms with Crippen molar-refractivity contribution < 1.29 is 0 Å². The summed E-state index contributed by atoms with van der Waals surface area (Å²) in [6.07, 6.45) is 0. The molecule has 11 aromatic carbocycles. The quantitative estimate of drug-likeness (QED) is 0.148. The Balaban J connectivity index is 0.912. The molecule has 0 amide bonds. The van der Waals surface area contributed by atoms with E-state index in [9.17, 15) is 0 Å². The van der Waals surface area contributed by atoms with Gasteiger partial charge in [-0.1, -0.05) is 188 Å². The van der Waals surface area contributed by atoms with E-state index in [1.807, 2.05) is 0 Å². The van der Waals surface area contributed by atoms with Crippen LogP contribution < -0.4 is 4.90 Å². The normalized spacial score (nSPS) is 11.6. The van der Waals surface area contributed by atoms with E-state index in [4.69, 9.17) is 0 Å². The van der Waals surface area contributed by atoms with Crippen molar-refractivity contribution in [3.63, 3.8) is 0 Å². The molecule has 0 spiro atoms. The van der Waals surface area contributed by atoms with Crippen LogP contribution in [0.3, 0.4) is 0 Å². The molecule has 0 saturated heterocycles. The Morgan fingerprint density at radius 3 is 1.48 bits per heavy atom. The van der Waals surface area contributed by atoms with Gasteiger partial charge < -0.3 is 14.0 Å². The van der Waals surface area contributed by atoms with E-state index in [1.54, 1.807) is 0 Å². The van der Waals surface area contributed by atoms with Gasteiger partial charge in [-0.15, -0.1) is 0 Å². The minimum Gasteiger partial charge on any atom is -0.310 e. The molecule has 0 fully saturated rings. The smallest absolute Gasteiger partial charge is 0.0641 e. The van der Waals surface area contributed by atoms with Crippen LogP contribution in [0.4, 0.5) is 17.1 Å². The summed E-state index contributed by atoms with van der Waals surface area (Å²) in [5.41, 5.74) is 17.5. The summed E-state index contributed by atoms with van der Waals surface area (Å²) in [5.74, 6) is 0. The lowest BCUT2D eigenvalue weighted by molar-refractivity contribution is 1.18. The summed E-state index contributed by atoms with van der Waals surface area (Å²) in [6.45, 7) is 0. The number of nitrogens with zero attached hydrogens (tertiary/aromatic N) is 3. The molecule has 67 heavy (non-hydrogen) atoms. The van der Waals surface area contributed by atoms with E-state index < -0.39 is 0 Å². The largest absolute Gasteiger partial charge is 0.310 e. The number of aromatic nitrogens is 2. The van der Waals surface area contributed by atoms with Crippen molar-refractivity contribution in [1.82, 2.24) is 9.13 Å². The third kappa shape index (κ3) is 6.51. The van der Waals surface area contributed by atoms with Crippen LogP contribution in [0.25, 0.3) is 99.1 Å². The molecule has 3 nitrogen and oxygen atoms in total. The van der Waals surface area contributed by atoms with Crippen LogP contribution in [-0.2, 0) is 0 Å². The summed E-state index contributed by atoms with van der Waals surface area (Å²) in [4.78, 5) is 2.38. The fourth-order valence-corrected chi connectivity index (χ4v) is 10.4. The van der Waals surface area contributed by atoms with Gasteiger partial charge in [0, 0.05) is 49.9 Å². The van der Waals surface area contributed by atoms with Gasteiger partial charge in [0.15, 0.2) is 0 Å². The number of benzene rings is 11. The molecule has 13 rings (SSSR count). The van der Waals surface area contributed by atoms with Gasteiger partial charge in [0.05, 0.1) is 27.8 Å². The molecule has 0 bridgehead atoms. The van der Waals surface area contributed by atoms with Crippen LogP contribution in [0, 0.1) is 0 Å². The lowest BCUT2D eigenvalue weighted by Gasteiger charge is -2.28. The van der Waals surface area contributed by atoms with Gasteiger partial charge in [0.25, 0.3) is 0 Å². The maximum atomic E-state index is 2.47. The van der Waals surface area contributed by atoms with Gasteiger partial charge >= 0.3 is 0 Å². The average molecular weight is 854 g/mol. The van der Waals surface area contributed by atoms with Crippen LogP contribution in [0.2, 0.25) is 0 Å². The van der Waals surface area contributed by atoms with Crippen molar-refractivity contribution in [3.8, 4) is 44.8 Å². The van der Waals surface area contributed by atoms with Crippen LogP contribution in [0.1, 0.15) is 0 Å². The van der Waals surface area contributed by atoms with E-state index in [-0.39, 0.29) is 0 Å². The Hall–Kier alpha value is -8.92. The van der Waals surface area contributed by atoms with E-state index >= 15 is 0 Å². The first-order chi connectivity index (χ1) is 33.2. The molecule has 0 saturated carbocycles. The number of anilines is 3. The topological polar surface area (TPSA) is 13.1 Å². The zero-order chi connectivity index (χ0) is 44.3. The molecule has 0 radical (unpaired) electrons. The summed E-state index contributed by atoms with van der Waals surface area (Å²) >= 11 is 0. The fourth-order valence-electron chi connectivity index (χ4n) is 10.4. The highest BCUT2D eigenvalue weighted by Crippen LogP contribution is 2.44. The van der Waals surface area contributed by atoms with E-state index in [0.717, 1.165) is 39.6 Å². The van der Waals surface area contributed by atoms with Gasteiger partial charge in [-0.25, -0.2) is 0 Å². The van der Waals surface area contributed by atoms with Crippen molar-refractivity contribution in [2.45, 2.75) is 0 Å². The summed E-state index contributed by atoms with van der Waals surface area (Å²) in [7, 11) is 0. The van der Waals surface area contributed by atoms with Crippen LogP contribution in [0.5, 0.6) is 0 Å². The SMILES string of the molecule is c1ccc(-c2ccc(N(c3ccc(-c4ccc(-n5c6ccccc6c6ccc7c(c8ccccc8n7-c7ccc8ccccc8c7)c65)cc4)cc3)c3ccccc3-c3ccccc3)cc2)cc1. The average Bonchev–Trinajstić information content (AvgIpc) is 3.93. The van der Waals surface area contributed by atoms with Crippen molar-refractivity contribution in [1.29, 1.82) is 0 Å². The number of fused-ring (bicyclic) bond motifs is 8. The summed E-state index contributed by atoms with van der Waals surface area (Å²) < 4.78 is 4.91. The Morgan fingerprint density at radius 1 is 0.284 bits per heavy atom. The first kappa shape index (κ1) is 38.5. The number of para-hydroxylation sites is 3. The number of hydrogen-bond donors (Lipinski definition) is 0. The third-order valence-electron chi connectivity index (χ3n) is 13.5. The highest BCUT2D eigenvalue weighted by Gasteiger charge is 2.22. The molecule has 0 aliphatic heterocycles. The van der Waals surface area contributed by atoms with Crippen molar-refractivity contribution in [3.05, 3.63) is 261 Å². The molecule has 2 heterocycles. The molecule has 0 aliphatic rings. The maximum absolute atomic E-state index is 2.47. The zero-order valence-corrected chi connectivity index (χ0v) is 36.7. The zero-order valence-electron chi connectivity index (χ0n) is 36.7. The molecule has 2 aromatic heterocycles. The lowest BCUT2D eigenvalue weighted by atomic mass is 10.0. The molecular weight excluding hydrogens is 811 g/mol. The third-order valence-corrected chi connectivity index (χ3v) is 13.5. The van der Waals surface area contributed by atoms with Gasteiger partial charge in [-0.2, -0.15) is 0 Å². The van der Waals surface area contributed by atoms with Gasteiger partial charge in [-0.3, -0.25) is 0 Å². The highest BCUT2D eigenvalue weighted by atomic mass is 15.1. The summed E-state index contributed by atoms with van der Waals surface area (Å²) in [6, 6.07) is 94.8. The Kier molecular flexibility index (Phi) is 9.17. The molecule has 3 heteroatoms. The minimum absolute atomic E-state index is 1.09. The minimum atomic E-state index is 1.09. The molecule has 13 aromatic rings. The second kappa shape index (κ2) is 16.0. The highest BCUT2D eigenvalue weighted by molar-refractivity contribution is 6.26. The fraction of sp³-hybridized carbons (Fsp3) is 0. The van der Waals surface area contributed by atoms with E-state index in [1.165, 1.54) is 76.6 Å². The molecule has 0 unspecified atom stereocenters. The predicted molar refractivity (Wildman–Crippen MR) is 284 cm³/mol. The van der Waals surface area contributed by atoms with E-state index in [0.29, 0.717) is 0 Å². The lowest BCUT2D eigenvalue weighted by Crippen LogP contribution is -2.11. The summed E-state index contributed by atoms with van der Waals surface area (Å²) in [5, 5.41) is 7.46. The second-order valence-electron chi connectivity index (χ2n) is 17.3. The standard InChI is InChI=1S/C64H43N3/c1-3-15-44(16-4-1)46-27-34-51(35-28-46)65(59-24-12-9-21-55(59)49-18-5-2-6-19-49)52-36-29-47(30-37-52)48-31-38-53(39-32-48)67-60-25-13-10-22-56(60)57-41-42-62-63(64(57)67)58-23-11-14-26-61(58)66(62)54-40-33-45-17-7-8-20-50(45)43-54/h1-43H. The molecule has 314 valence electrons. The number of hydrogen-bond acceptors (Lipinski definition) is 1. The molecule has 0 aliphatic carbocycles. The molecular formula is C64H43N3. The van der Waals surface area contributed by atoms with Gasteiger partial charge in [0.2, 0.25) is 0 Å². The monoisotopic (exact) mass is 853 g/mol. The first-order valence-corrected chi connectivity index (χ1v) is 23.0. The van der Waals surface area contributed by atoms with Crippen LogP contribution in [-0.4, -0.2) is 9.13 Å². The van der Waals surface area contributed by atoms with Crippen LogP contribution >= 0.6 is 0 Å². The van der Waals surface area contributed by atoms with E-state index in [2.05, 4.69) is 275 Å². The predicted octanol–water partition coefficient (Wildman–Crippen LogP) is 17.5. The molecule has 0 atom stereocenters. The molecule has 0 N–H and O–H groups in total. The van der Waals surface area contributed by atoms with Gasteiger partial charge in [-0.05, 0) is 111 Å². The Morgan fingerprint density at radius 2 is 0.791 bits per heavy atom. The Bertz CT molecular complexity index is 3940. The second-order valence-corrected chi connectivity index (χ2v) is 17.3. The Labute approximate surface area is 389 Å². The van der Waals surface area contributed by atoms with Gasteiger partial charge in [0.1, 0.15) is 0 Å².